The minimum atomic E-state index is -0.506. The van der Waals surface area contributed by atoms with Gasteiger partial charge in [0.25, 0.3) is 0 Å². The number of ether oxygens (including phenoxy) is 1. The molecule has 0 saturated carbocycles. The van der Waals surface area contributed by atoms with E-state index < -0.39 is 11.7 Å². The molecule has 0 saturated heterocycles. The van der Waals surface area contributed by atoms with E-state index in [2.05, 4.69) is 15.9 Å². The number of thioether (sulfide) groups is 1. The summed E-state index contributed by atoms with van der Waals surface area (Å²) in [6, 6.07) is 0. The van der Waals surface area contributed by atoms with E-state index >= 15 is 0 Å². The largest absolute Gasteiger partial charge is 0.462 e. The van der Waals surface area contributed by atoms with Crippen LogP contribution in [0.2, 0.25) is 0 Å². The highest BCUT2D eigenvalue weighted by Gasteiger charge is 2.18. The van der Waals surface area contributed by atoms with Crippen LogP contribution in [0.3, 0.4) is 0 Å². The van der Waals surface area contributed by atoms with Gasteiger partial charge in [0, 0.05) is 5.69 Å². The summed E-state index contributed by atoms with van der Waals surface area (Å²) < 4.78 is 4.90. The second-order valence-electron chi connectivity index (χ2n) is 3.06. The number of aromatic amines is 1. The minimum absolute atomic E-state index is 0.261. The summed E-state index contributed by atoms with van der Waals surface area (Å²) in [5, 5.41) is 0.308. The van der Waals surface area contributed by atoms with E-state index in [0.29, 0.717) is 16.5 Å². The van der Waals surface area contributed by atoms with Crippen molar-refractivity contribution in [3.63, 3.8) is 0 Å². The van der Waals surface area contributed by atoms with Gasteiger partial charge in [-0.2, -0.15) is 4.98 Å². The molecule has 0 spiro atoms. The molecule has 1 heterocycles. The van der Waals surface area contributed by atoms with Gasteiger partial charge < -0.3 is 9.72 Å². The number of rotatable bonds is 4. The third-order valence-electron chi connectivity index (χ3n) is 1.86. The van der Waals surface area contributed by atoms with Gasteiger partial charge in [-0.3, -0.25) is 0 Å². The van der Waals surface area contributed by atoms with Crippen molar-refractivity contribution < 1.29 is 9.53 Å². The Labute approximate surface area is 103 Å². The molecule has 0 aliphatic carbocycles. The second-order valence-corrected chi connectivity index (χ2v) is 4.02. The van der Waals surface area contributed by atoms with E-state index in [4.69, 9.17) is 11.2 Å². The molecule has 6 heteroatoms. The lowest BCUT2D eigenvalue weighted by molar-refractivity contribution is 0.0519. The highest BCUT2D eigenvalue weighted by Crippen LogP contribution is 2.21. The van der Waals surface area contributed by atoms with Gasteiger partial charge in [-0.15, -0.1) is 6.42 Å². The van der Waals surface area contributed by atoms with Gasteiger partial charge in [-0.05, 0) is 13.8 Å². The predicted molar refractivity (Wildman–Crippen MR) is 65.1 cm³/mol. The van der Waals surface area contributed by atoms with Crippen molar-refractivity contribution in [1.82, 2.24) is 9.97 Å². The number of hydrogen-bond acceptors (Lipinski definition) is 5. The van der Waals surface area contributed by atoms with Crippen molar-refractivity contribution in [2.24, 2.45) is 0 Å². The predicted octanol–water partition coefficient (Wildman–Crippen LogP) is 0.980. The highest BCUT2D eigenvalue weighted by molar-refractivity contribution is 7.99. The zero-order valence-electron chi connectivity index (χ0n) is 9.57. The first-order chi connectivity index (χ1) is 8.10. The van der Waals surface area contributed by atoms with E-state index in [1.54, 1.807) is 13.8 Å². The molecule has 0 radical (unpaired) electrons. The van der Waals surface area contributed by atoms with Gasteiger partial charge in [0.15, 0.2) is 0 Å². The molecule has 0 fully saturated rings. The Bertz CT molecular complexity index is 516. The Morgan fingerprint density at radius 2 is 2.35 bits per heavy atom. The van der Waals surface area contributed by atoms with Crippen molar-refractivity contribution in [3.05, 3.63) is 21.7 Å². The number of nitrogens with zero attached hydrogens (tertiary/aromatic N) is 1. The molecule has 0 unspecified atom stereocenters. The third-order valence-corrected chi connectivity index (χ3v) is 2.74. The Morgan fingerprint density at radius 1 is 1.65 bits per heavy atom. The van der Waals surface area contributed by atoms with Gasteiger partial charge >= 0.3 is 11.7 Å². The Balaban J connectivity index is 3.20. The van der Waals surface area contributed by atoms with Crippen LogP contribution >= 0.6 is 11.8 Å². The standard InChI is InChI=1S/C11H12N2O3S/c1-4-6-17-9-8(10(14)16-5-2)7(3)12-11(15)13-9/h1H,5-6H2,2-3H3,(H,12,13,15). The van der Waals surface area contributed by atoms with Gasteiger partial charge in [-0.25, -0.2) is 9.59 Å². The lowest BCUT2D eigenvalue weighted by atomic mass is 10.2. The first kappa shape index (κ1) is 13.3. The molecule has 0 aromatic carbocycles. The normalized spacial score (nSPS) is 9.71. The van der Waals surface area contributed by atoms with Crippen LogP contribution < -0.4 is 5.69 Å². The molecule has 1 aromatic rings. The second kappa shape index (κ2) is 6.11. The summed E-state index contributed by atoms with van der Waals surface area (Å²) >= 11 is 1.16. The van der Waals surface area contributed by atoms with Crippen LogP contribution in [0.5, 0.6) is 0 Å². The average Bonchev–Trinajstić information content (AvgIpc) is 2.25. The minimum Gasteiger partial charge on any atom is -0.462 e. The third kappa shape index (κ3) is 3.36. The summed E-state index contributed by atoms with van der Waals surface area (Å²) in [6.45, 7) is 3.59. The van der Waals surface area contributed by atoms with Gasteiger partial charge in [-0.1, -0.05) is 17.7 Å². The molecule has 0 bridgehead atoms. The van der Waals surface area contributed by atoms with Crippen LogP contribution in [0.15, 0.2) is 9.82 Å². The molecule has 90 valence electrons. The quantitative estimate of drug-likeness (QED) is 0.374. The zero-order chi connectivity index (χ0) is 12.8. The Hall–Kier alpha value is -1.74. The SMILES string of the molecule is C#CCSc1nc(=O)[nH]c(C)c1C(=O)OCC. The molecule has 0 aliphatic heterocycles. The van der Waals surface area contributed by atoms with E-state index in [0.717, 1.165) is 11.8 Å². The van der Waals surface area contributed by atoms with Gasteiger partial charge in [0.1, 0.15) is 10.6 Å². The lowest BCUT2D eigenvalue weighted by Crippen LogP contribution is -2.19. The highest BCUT2D eigenvalue weighted by atomic mass is 32.2. The molecule has 0 atom stereocenters. The van der Waals surface area contributed by atoms with Crippen LogP contribution in [0, 0.1) is 19.3 Å². The van der Waals surface area contributed by atoms with Crippen molar-refractivity contribution in [2.45, 2.75) is 18.9 Å². The van der Waals surface area contributed by atoms with Crippen molar-refractivity contribution >= 4 is 17.7 Å². The molecule has 1 N–H and O–H groups in total. The smallest absolute Gasteiger partial charge is 0.346 e. The fraction of sp³-hybridized carbons (Fsp3) is 0.364. The first-order valence-electron chi connectivity index (χ1n) is 4.94. The average molecular weight is 252 g/mol. The maximum Gasteiger partial charge on any atom is 0.346 e. The van der Waals surface area contributed by atoms with E-state index in [-0.39, 0.29) is 12.2 Å². The number of carbonyl (C=O) groups is 1. The monoisotopic (exact) mass is 252 g/mol. The summed E-state index contributed by atoms with van der Waals surface area (Å²) in [5.74, 6) is 2.24. The zero-order valence-corrected chi connectivity index (χ0v) is 10.4. The van der Waals surface area contributed by atoms with E-state index in [1.165, 1.54) is 0 Å². The first-order valence-corrected chi connectivity index (χ1v) is 5.93. The number of esters is 1. The number of H-pyrrole nitrogens is 1. The molecule has 17 heavy (non-hydrogen) atoms. The molecule has 0 aliphatic rings. The molecule has 0 amide bonds. The van der Waals surface area contributed by atoms with Crippen molar-refractivity contribution in [2.75, 3.05) is 12.4 Å². The van der Waals surface area contributed by atoms with Crippen molar-refractivity contribution in [3.8, 4) is 12.3 Å². The van der Waals surface area contributed by atoms with E-state index in [9.17, 15) is 9.59 Å². The fourth-order valence-electron chi connectivity index (χ4n) is 1.22. The van der Waals surface area contributed by atoms with Gasteiger partial charge in [0.2, 0.25) is 0 Å². The van der Waals surface area contributed by atoms with Crippen LogP contribution in [-0.4, -0.2) is 28.3 Å². The van der Waals surface area contributed by atoms with Crippen LogP contribution in [0.1, 0.15) is 23.0 Å². The molecule has 1 aromatic heterocycles. The Kier molecular flexibility index (Phi) is 4.79. The molecular weight excluding hydrogens is 240 g/mol. The van der Waals surface area contributed by atoms with Crippen molar-refractivity contribution in [1.29, 1.82) is 0 Å². The number of aryl methyl sites for hydroxylation is 1. The topological polar surface area (TPSA) is 72.0 Å². The van der Waals surface area contributed by atoms with E-state index in [1.807, 2.05) is 0 Å². The lowest BCUT2D eigenvalue weighted by Gasteiger charge is -2.08. The number of nitrogens with one attached hydrogen (secondary N) is 1. The fourth-order valence-corrected chi connectivity index (χ4v) is 1.97. The van der Waals surface area contributed by atoms with Crippen LogP contribution in [-0.2, 0) is 4.74 Å². The summed E-state index contributed by atoms with van der Waals surface area (Å²) in [7, 11) is 0. The summed E-state index contributed by atoms with van der Waals surface area (Å²) in [5.41, 5.74) is 0.199. The number of carbonyl (C=O) groups excluding carboxylic acids is 1. The number of terminal acetylenes is 1. The molecule has 5 nitrogen and oxygen atoms in total. The maximum atomic E-state index is 11.7. The number of aromatic nitrogens is 2. The molecule has 1 rings (SSSR count). The van der Waals surface area contributed by atoms with Gasteiger partial charge in [0.05, 0.1) is 12.4 Å². The van der Waals surface area contributed by atoms with Crippen LogP contribution in [0.4, 0.5) is 0 Å². The summed E-state index contributed by atoms with van der Waals surface area (Å²) in [4.78, 5) is 29.1. The maximum absolute atomic E-state index is 11.7. The van der Waals surface area contributed by atoms with Crippen LogP contribution in [0.25, 0.3) is 0 Å². The summed E-state index contributed by atoms with van der Waals surface area (Å²) in [6.07, 6.45) is 5.14. The number of hydrogen-bond donors (Lipinski definition) is 1. The molecular formula is C11H12N2O3S. The Morgan fingerprint density at radius 3 is 2.94 bits per heavy atom.